The molecule has 0 saturated heterocycles. The minimum Gasteiger partial charge on any atom is -0.341 e. The highest BCUT2D eigenvalue weighted by Gasteiger charge is 2.34. The Morgan fingerprint density at radius 3 is 2.55 bits per heavy atom. The summed E-state index contributed by atoms with van der Waals surface area (Å²) in [4.78, 5) is 13.6. The second kappa shape index (κ2) is 5.54. The van der Waals surface area contributed by atoms with Crippen molar-refractivity contribution in [2.45, 2.75) is 18.2 Å². The summed E-state index contributed by atoms with van der Waals surface area (Å²) in [5.74, 6) is 0.948. The maximum Gasteiger partial charge on any atom is 0.262 e. The van der Waals surface area contributed by atoms with Crippen molar-refractivity contribution in [3.05, 3.63) is 28.8 Å². The molecule has 2 unspecified atom stereocenters. The fourth-order valence-corrected chi connectivity index (χ4v) is 3.62. The fraction of sp³-hybridized carbons (Fsp3) is 0.462. The second-order valence-corrected chi connectivity index (χ2v) is 8.18. The topological polar surface area (TPSA) is 54.5 Å². The van der Waals surface area contributed by atoms with Crippen LogP contribution >= 0.6 is 22.3 Å². The van der Waals surface area contributed by atoms with Crippen molar-refractivity contribution in [3.8, 4) is 0 Å². The van der Waals surface area contributed by atoms with Crippen LogP contribution < -0.4 is 0 Å². The van der Waals surface area contributed by atoms with Crippen molar-refractivity contribution in [2.24, 2.45) is 11.8 Å². The number of rotatable bonds is 4. The van der Waals surface area contributed by atoms with Gasteiger partial charge in [0.15, 0.2) is 0 Å². The van der Waals surface area contributed by atoms with E-state index in [-0.39, 0.29) is 21.4 Å². The Balaban J connectivity index is 2.22. The number of hydrogen-bond acceptors (Lipinski definition) is 3. The van der Waals surface area contributed by atoms with Gasteiger partial charge >= 0.3 is 0 Å². The summed E-state index contributed by atoms with van der Waals surface area (Å²) >= 11 is 5.79. The summed E-state index contributed by atoms with van der Waals surface area (Å²) in [5, 5.41) is 0.00928. The standard InChI is InChI=1S/C13H15Cl2NO3S/c1-8-5-10(8)7-16(2)13(17)9-3-4-11(14)12(6-9)20(15,18)19/h3-4,6,8,10H,5,7H2,1-2H3. The van der Waals surface area contributed by atoms with E-state index in [2.05, 4.69) is 6.92 Å². The third-order valence-corrected chi connectivity index (χ3v) is 5.38. The van der Waals surface area contributed by atoms with Crippen molar-refractivity contribution in [1.82, 2.24) is 4.90 Å². The van der Waals surface area contributed by atoms with E-state index in [1.165, 1.54) is 18.2 Å². The highest BCUT2D eigenvalue weighted by molar-refractivity contribution is 8.13. The molecular weight excluding hydrogens is 321 g/mol. The quantitative estimate of drug-likeness (QED) is 0.795. The van der Waals surface area contributed by atoms with Crippen LogP contribution in [0, 0.1) is 11.8 Å². The molecule has 1 aliphatic carbocycles. The van der Waals surface area contributed by atoms with E-state index in [9.17, 15) is 13.2 Å². The molecule has 1 aliphatic rings. The van der Waals surface area contributed by atoms with Gasteiger partial charge in [0.25, 0.3) is 15.0 Å². The van der Waals surface area contributed by atoms with E-state index in [1.807, 2.05) is 0 Å². The Kier molecular flexibility index (Phi) is 4.33. The Labute approximate surface area is 128 Å². The normalized spacial score (nSPS) is 21.6. The molecule has 0 aliphatic heterocycles. The number of hydrogen-bond donors (Lipinski definition) is 0. The molecule has 7 heteroatoms. The first-order valence-corrected chi connectivity index (χ1v) is 8.88. The first kappa shape index (κ1) is 15.6. The van der Waals surface area contributed by atoms with Crippen LogP contribution in [0.3, 0.4) is 0 Å². The molecule has 2 atom stereocenters. The SMILES string of the molecule is CC1CC1CN(C)C(=O)c1ccc(Cl)c(S(=O)(=O)Cl)c1. The first-order chi connectivity index (χ1) is 9.20. The molecule has 1 aromatic carbocycles. The molecule has 0 N–H and O–H groups in total. The Morgan fingerprint density at radius 2 is 2.05 bits per heavy atom. The lowest BCUT2D eigenvalue weighted by Crippen LogP contribution is -2.29. The van der Waals surface area contributed by atoms with Crippen LogP contribution in [0.5, 0.6) is 0 Å². The van der Waals surface area contributed by atoms with Crippen LogP contribution in [0.4, 0.5) is 0 Å². The number of nitrogens with zero attached hydrogens (tertiary/aromatic N) is 1. The number of carbonyl (C=O) groups excluding carboxylic acids is 1. The third kappa shape index (κ3) is 3.45. The van der Waals surface area contributed by atoms with Gasteiger partial charge in [-0.2, -0.15) is 0 Å². The van der Waals surface area contributed by atoms with E-state index >= 15 is 0 Å². The number of amides is 1. The fourth-order valence-electron chi connectivity index (χ4n) is 2.13. The van der Waals surface area contributed by atoms with Gasteiger partial charge in [-0.1, -0.05) is 18.5 Å². The van der Waals surface area contributed by atoms with Gasteiger partial charge in [-0.25, -0.2) is 8.42 Å². The van der Waals surface area contributed by atoms with Gasteiger partial charge in [0.05, 0.1) is 5.02 Å². The number of benzene rings is 1. The van der Waals surface area contributed by atoms with Gasteiger partial charge in [0, 0.05) is 29.8 Å². The van der Waals surface area contributed by atoms with E-state index in [1.54, 1.807) is 11.9 Å². The molecular formula is C13H15Cl2NO3S. The van der Waals surface area contributed by atoms with Crippen LogP contribution in [0.25, 0.3) is 0 Å². The molecule has 20 heavy (non-hydrogen) atoms. The lowest BCUT2D eigenvalue weighted by molar-refractivity contribution is 0.0787. The largest absolute Gasteiger partial charge is 0.341 e. The summed E-state index contributed by atoms with van der Waals surface area (Å²) in [6.45, 7) is 2.81. The Hall–Kier alpha value is -0.780. The average molecular weight is 336 g/mol. The summed E-state index contributed by atoms with van der Waals surface area (Å²) < 4.78 is 22.8. The van der Waals surface area contributed by atoms with Gasteiger partial charge in [-0.05, 0) is 36.5 Å². The smallest absolute Gasteiger partial charge is 0.262 e. The molecule has 2 rings (SSSR count). The minimum absolute atomic E-state index is 0.00928. The van der Waals surface area contributed by atoms with Gasteiger partial charge in [0.2, 0.25) is 0 Å². The number of carbonyl (C=O) groups is 1. The zero-order chi connectivity index (χ0) is 15.1. The molecule has 0 radical (unpaired) electrons. The molecule has 1 fully saturated rings. The molecule has 1 amide bonds. The molecule has 1 saturated carbocycles. The molecule has 0 spiro atoms. The van der Waals surface area contributed by atoms with E-state index in [0.717, 1.165) is 6.42 Å². The van der Waals surface area contributed by atoms with Gasteiger partial charge in [0.1, 0.15) is 4.90 Å². The second-order valence-electron chi connectivity index (χ2n) is 5.24. The maximum absolute atomic E-state index is 12.3. The predicted molar refractivity (Wildman–Crippen MR) is 78.7 cm³/mol. The zero-order valence-electron chi connectivity index (χ0n) is 11.1. The van der Waals surface area contributed by atoms with Crippen molar-refractivity contribution in [1.29, 1.82) is 0 Å². The van der Waals surface area contributed by atoms with Crippen LogP contribution in [-0.4, -0.2) is 32.8 Å². The molecule has 0 aromatic heterocycles. The van der Waals surface area contributed by atoms with Gasteiger partial charge in [-0.3, -0.25) is 4.79 Å². The van der Waals surface area contributed by atoms with Crippen LogP contribution in [-0.2, 0) is 9.05 Å². The van der Waals surface area contributed by atoms with Crippen molar-refractivity contribution in [2.75, 3.05) is 13.6 Å². The first-order valence-electron chi connectivity index (χ1n) is 6.20. The van der Waals surface area contributed by atoms with Crippen molar-refractivity contribution < 1.29 is 13.2 Å². The van der Waals surface area contributed by atoms with Crippen LogP contribution in [0.1, 0.15) is 23.7 Å². The Bertz CT molecular complexity index is 645. The van der Waals surface area contributed by atoms with Gasteiger partial charge in [-0.15, -0.1) is 0 Å². The highest BCUT2D eigenvalue weighted by Crippen LogP contribution is 2.38. The average Bonchev–Trinajstić information content (AvgIpc) is 3.03. The molecule has 110 valence electrons. The highest BCUT2D eigenvalue weighted by atomic mass is 35.7. The van der Waals surface area contributed by atoms with E-state index in [0.29, 0.717) is 18.4 Å². The number of halogens is 2. The Morgan fingerprint density at radius 1 is 1.45 bits per heavy atom. The van der Waals surface area contributed by atoms with Crippen LogP contribution in [0.15, 0.2) is 23.1 Å². The van der Waals surface area contributed by atoms with Crippen molar-refractivity contribution >= 4 is 37.2 Å². The van der Waals surface area contributed by atoms with Crippen LogP contribution in [0.2, 0.25) is 5.02 Å². The summed E-state index contributed by atoms with van der Waals surface area (Å²) in [6, 6.07) is 4.10. The lowest BCUT2D eigenvalue weighted by atomic mass is 10.2. The predicted octanol–water partition coefficient (Wildman–Crippen LogP) is 3.00. The monoisotopic (exact) mass is 335 g/mol. The van der Waals surface area contributed by atoms with Crippen molar-refractivity contribution in [3.63, 3.8) is 0 Å². The molecule has 4 nitrogen and oxygen atoms in total. The minimum atomic E-state index is -3.97. The third-order valence-electron chi connectivity index (χ3n) is 3.57. The van der Waals surface area contributed by atoms with Gasteiger partial charge < -0.3 is 4.90 Å². The summed E-state index contributed by atoms with van der Waals surface area (Å²) in [5.41, 5.74) is 0.268. The van der Waals surface area contributed by atoms with E-state index in [4.69, 9.17) is 22.3 Å². The van der Waals surface area contributed by atoms with E-state index < -0.39 is 9.05 Å². The maximum atomic E-state index is 12.3. The molecule has 1 aromatic rings. The molecule has 0 bridgehead atoms. The summed E-state index contributed by atoms with van der Waals surface area (Å²) in [7, 11) is 3.04. The molecule has 0 heterocycles. The summed E-state index contributed by atoms with van der Waals surface area (Å²) in [6.07, 6.45) is 1.12. The zero-order valence-corrected chi connectivity index (χ0v) is 13.5. The lowest BCUT2D eigenvalue weighted by Gasteiger charge is -2.17.